The molecule has 1 heterocycles. The van der Waals surface area contributed by atoms with E-state index in [2.05, 4.69) is 16.4 Å². The van der Waals surface area contributed by atoms with Gasteiger partial charge in [-0.1, -0.05) is 12.1 Å². The first-order valence-electron chi connectivity index (χ1n) is 5.82. The number of pyridine rings is 1. The Morgan fingerprint density at radius 2 is 2.05 bits per heavy atom. The number of aliphatic hydroxyl groups is 1. The third kappa shape index (κ3) is 3.21. The lowest BCUT2D eigenvalue weighted by Crippen LogP contribution is -2.13. The maximum Gasteiger partial charge on any atom is 0.101 e. The number of hydrogen-bond acceptors (Lipinski definition) is 5. The van der Waals surface area contributed by atoms with Crippen molar-refractivity contribution in [3.8, 4) is 6.07 Å². The van der Waals surface area contributed by atoms with E-state index in [0.717, 1.165) is 5.56 Å². The summed E-state index contributed by atoms with van der Waals surface area (Å²) in [5.74, 6) is 0. The second kappa shape index (κ2) is 5.85. The van der Waals surface area contributed by atoms with Gasteiger partial charge in [-0.05, 0) is 23.8 Å². The zero-order valence-electron chi connectivity index (χ0n) is 10.2. The summed E-state index contributed by atoms with van der Waals surface area (Å²) in [5.41, 5.74) is 8.12. The maximum absolute atomic E-state index is 10.0. The van der Waals surface area contributed by atoms with Crippen molar-refractivity contribution in [3.05, 3.63) is 53.9 Å². The van der Waals surface area contributed by atoms with Crippen LogP contribution in [0.15, 0.2) is 42.7 Å². The van der Waals surface area contributed by atoms with Gasteiger partial charge in [0.2, 0.25) is 0 Å². The van der Waals surface area contributed by atoms with Gasteiger partial charge >= 0.3 is 0 Å². The van der Waals surface area contributed by atoms with Crippen molar-refractivity contribution in [1.82, 2.24) is 4.98 Å². The fraction of sp³-hybridized carbons (Fsp3) is 0.143. The third-order valence-corrected chi connectivity index (χ3v) is 2.75. The molecule has 1 atom stereocenters. The minimum absolute atomic E-state index is 0.296. The van der Waals surface area contributed by atoms with Gasteiger partial charge in [0.15, 0.2) is 0 Å². The van der Waals surface area contributed by atoms with Crippen LogP contribution in [0.5, 0.6) is 0 Å². The normalized spacial score (nSPS) is 11.6. The zero-order valence-corrected chi connectivity index (χ0v) is 10.2. The molecule has 1 unspecified atom stereocenters. The highest BCUT2D eigenvalue weighted by Gasteiger charge is 2.08. The summed E-state index contributed by atoms with van der Waals surface area (Å²) in [4.78, 5) is 3.94. The summed E-state index contributed by atoms with van der Waals surface area (Å²) in [7, 11) is 0. The third-order valence-electron chi connectivity index (χ3n) is 2.75. The molecule has 0 fully saturated rings. The van der Waals surface area contributed by atoms with Crippen LogP contribution in [-0.4, -0.2) is 16.6 Å². The average molecular weight is 254 g/mol. The molecule has 5 nitrogen and oxygen atoms in total. The van der Waals surface area contributed by atoms with E-state index in [1.165, 1.54) is 0 Å². The van der Waals surface area contributed by atoms with Crippen molar-refractivity contribution in [3.63, 3.8) is 0 Å². The fourth-order valence-corrected chi connectivity index (χ4v) is 1.68. The second-order valence-corrected chi connectivity index (χ2v) is 4.10. The van der Waals surface area contributed by atoms with Gasteiger partial charge in [-0.15, -0.1) is 0 Å². The number of benzene rings is 1. The van der Waals surface area contributed by atoms with Gasteiger partial charge in [-0.3, -0.25) is 4.98 Å². The summed E-state index contributed by atoms with van der Waals surface area (Å²) < 4.78 is 0. The van der Waals surface area contributed by atoms with Crippen molar-refractivity contribution in [2.24, 2.45) is 0 Å². The van der Waals surface area contributed by atoms with E-state index in [1.54, 1.807) is 42.7 Å². The standard InChI is InChI=1S/C14H14N4O/c15-7-11-5-6-17-8-13(11)18-9-14(19)10-1-3-12(16)4-2-10/h1-6,8,14,18-19H,9,16H2. The number of nitrogens with one attached hydrogen (secondary N) is 1. The van der Waals surface area contributed by atoms with Crippen LogP contribution in [0.2, 0.25) is 0 Å². The van der Waals surface area contributed by atoms with Crippen molar-refractivity contribution >= 4 is 11.4 Å². The van der Waals surface area contributed by atoms with E-state index in [9.17, 15) is 5.11 Å². The number of nitrogens with zero attached hydrogens (tertiary/aromatic N) is 2. The van der Waals surface area contributed by atoms with Crippen LogP contribution in [-0.2, 0) is 0 Å². The van der Waals surface area contributed by atoms with E-state index in [4.69, 9.17) is 11.0 Å². The zero-order chi connectivity index (χ0) is 13.7. The van der Waals surface area contributed by atoms with E-state index >= 15 is 0 Å². The quantitative estimate of drug-likeness (QED) is 0.721. The molecule has 1 aromatic carbocycles. The van der Waals surface area contributed by atoms with Crippen LogP contribution >= 0.6 is 0 Å². The SMILES string of the molecule is N#Cc1ccncc1NCC(O)c1ccc(N)cc1. The van der Waals surface area contributed by atoms with Gasteiger partial charge in [-0.25, -0.2) is 0 Å². The Bertz CT molecular complexity index is 589. The number of nitrogens with two attached hydrogens (primary N) is 1. The molecule has 0 saturated heterocycles. The molecule has 0 aliphatic rings. The molecular weight excluding hydrogens is 240 g/mol. The molecule has 0 amide bonds. The molecule has 1 aromatic heterocycles. The monoisotopic (exact) mass is 254 g/mol. The van der Waals surface area contributed by atoms with E-state index in [1.807, 2.05) is 0 Å². The summed E-state index contributed by atoms with van der Waals surface area (Å²) in [5, 5.41) is 22.0. The number of hydrogen-bond donors (Lipinski definition) is 3. The Hall–Kier alpha value is -2.58. The summed E-state index contributed by atoms with van der Waals surface area (Å²) in [6.45, 7) is 0.296. The fourth-order valence-electron chi connectivity index (χ4n) is 1.68. The van der Waals surface area contributed by atoms with E-state index < -0.39 is 6.10 Å². The molecule has 19 heavy (non-hydrogen) atoms. The minimum atomic E-state index is -0.674. The minimum Gasteiger partial charge on any atom is -0.399 e. The average Bonchev–Trinajstić information content (AvgIpc) is 2.45. The van der Waals surface area contributed by atoms with Crippen LogP contribution in [0.3, 0.4) is 0 Å². The topological polar surface area (TPSA) is 95.0 Å². The van der Waals surface area contributed by atoms with Crippen LogP contribution in [0.4, 0.5) is 11.4 Å². The van der Waals surface area contributed by atoms with E-state index in [0.29, 0.717) is 23.5 Å². The highest BCUT2D eigenvalue weighted by atomic mass is 16.3. The molecule has 96 valence electrons. The molecule has 4 N–H and O–H groups in total. The highest BCUT2D eigenvalue weighted by molar-refractivity contribution is 5.55. The Balaban J connectivity index is 2.02. The lowest BCUT2D eigenvalue weighted by atomic mass is 10.1. The lowest BCUT2D eigenvalue weighted by Gasteiger charge is -2.13. The smallest absolute Gasteiger partial charge is 0.101 e. The van der Waals surface area contributed by atoms with Gasteiger partial charge in [0.25, 0.3) is 0 Å². The molecule has 0 saturated carbocycles. The van der Waals surface area contributed by atoms with Crippen LogP contribution in [0.25, 0.3) is 0 Å². The lowest BCUT2D eigenvalue weighted by molar-refractivity contribution is 0.191. The summed E-state index contributed by atoms with van der Waals surface area (Å²) >= 11 is 0. The highest BCUT2D eigenvalue weighted by Crippen LogP contribution is 2.17. The van der Waals surface area contributed by atoms with Crippen LogP contribution in [0, 0.1) is 11.3 Å². The summed E-state index contributed by atoms with van der Waals surface area (Å²) in [6, 6.07) is 10.7. The Kier molecular flexibility index (Phi) is 3.96. The first-order valence-corrected chi connectivity index (χ1v) is 5.82. The number of anilines is 2. The molecular formula is C14H14N4O. The molecule has 2 rings (SSSR count). The summed E-state index contributed by atoms with van der Waals surface area (Å²) in [6.07, 6.45) is 2.45. The van der Waals surface area contributed by atoms with Gasteiger partial charge in [-0.2, -0.15) is 5.26 Å². The largest absolute Gasteiger partial charge is 0.399 e. The van der Waals surface area contributed by atoms with Crippen molar-refractivity contribution in [1.29, 1.82) is 5.26 Å². The predicted molar refractivity (Wildman–Crippen MR) is 73.3 cm³/mol. The van der Waals surface area contributed by atoms with Gasteiger partial charge in [0.1, 0.15) is 6.07 Å². The van der Waals surface area contributed by atoms with Gasteiger partial charge in [0.05, 0.1) is 23.6 Å². The number of aromatic nitrogens is 1. The molecule has 2 aromatic rings. The molecule has 0 radical (unpaired) electrons. The first kappa shape index (κ1) is 12.9. The Labute approximate surface area is 111 Å². The number of nitriles is 1. The maximum atomic E-state index is 10.0. The molecule has 0 aliphatic heterocycles. The number of nitrogen functional groups attached to an aromatic ring is 1. The van der Waals surface area contributed by atoms with Crippen molar-refractivity contribution in [2.75, 3.05) is 17.6 Å². The Morgan fingerprint density at radius 3 is 2.74 bits per heavy atom. The van der Waals surface area contributed by atoms with Crippen molar-refractivity contribution < 1.29 is 5.11 Å². The Morgan fingerprint density at radius 1 is 1.32 bits per heavy atom. The second-order valence-electron chi connectivity index (χ2n) is 4.10. The molecule has 0 bridgehead atoms. The van der Waals surface area contributed by atoms with Crippen LogP contribution in [0.1, 0.15) is 17.2 Å². The van der Waals surface area contributed by atoms with Crippen molar-refractivity contribution in [2.45, 2.75) is 6.10 Å². The molecule has 5 heteroatoms. The predicted octanol–water partition coefficient (Wildman–Crippen LogP) is 1.68. The van der Waals surface area contributed by atoms with Gasteiger partial charge in [0, 0.05) is 18.4 Å². The molecule has 0 aliphatic carbocycles. The van der Waals surface area contributed by atoms with Gasteiger partial charge < -0.3 is 16.2 Å². The number of aliphatic hydroxyl groups excluding tert-OH is 1. The number of rotatable bonds is 4. The molecule has 0 spiro atoms. The van der Waals surface area contributed by atoms with E-state index in [-0.39, 0.29) is 0 Å². The first-order chi connectivity index (χ1) is 9.20. The van der Waals surface area contributed by atoms with Crippen LogP contribution < -0.4 is 11.1 Å².